The highest BCUT2D eigenvalue weighted by atomic mass is 32.2. The molecular weight excluding hydrogens is 524 g/mol. The molecule has 2 aliphatic heterocycles. The second kappa shape index (κ2) is 10.7. The normalized spacial score (nSPS) is 19.2. The molecule has 0 bridgehead atoms. The molecule has 2 aliphatic rings. The highest BCUT2D eigenvalue weighted by Crippen LogP contribution is 2.34. The van der Waals surface area contributed by atoms with Crippen LogP contribution in [-0.4, -0.2) is 65.7 Å². The molecule has 0 saturated carbocycles. The van der Waals surface area contributed by atoms with Gasteiger partial charge < -0.3 is 9.64 Å². The van der Waals surface area contributed by atoms with Gasteiger partial charge in [-0.2, -0.15) is 5.10 Å². The van der Waals surface area contributed by atoms with Crippen molar-refractivity contribution in [1.82, 2.24) is 19.7 Å². The summed E-state index contributed by atoms with van der Waals surface area (Å²) < 4.78 is 31.7. The Bertz CT molecular complexity index is 1640. The van der Waals surface area contributed by atoms with E-state index < -0.39 is 9.84 Å². The Balaban J connectivity index is 1.35. The molecule has 6 rings (SSSR count). The van der Waals surface area contributed by atoms with Crippen molar-refractivity contribution in [2.24, 2.45) is 5.92 Å². The van der Waals surface area contributed by atoms with Gasteiger partial charge in [0.1, 0.15) is 5.75 Å². The first-order chi connectivity index (χ1) is 19.3. The van der Waals surface area contributed by atoms with Gasteiger partial charge in [-0.05, 0) is 74.4 Å². The van der Waals surface area contributed by atoms with Crippen LogP contribution < -0.4 is 4.74 Å². The first kappa shape index (κ1) is 26.5. The number of carbonyl (C=O) groups is 1. The van der Waals surface area contributed by atoms with E-state index in [0.717, 1.165) is 30.6 Å². The number of aromatic nitrogens is 3. The number of carbonyl (C=O) groups excluding carboxylic acids is 1. The maximum absolute atomic E-state index is 14.1. The molecule has 9 heteroatoms. The second-order valence-electron chi connectivity index (χ2n) is 11.0. The van der Waals surface area contributed by atoms with E-state index in [2.05, 4.69) is 24.3 Å². The summed E-state index contributed by atoms with van der Waals surface area (Å²) in [5.41, 5.74) is 4.67. The molecule has 2 fully saturated rings. The molecule has 1 atom stereocenters. The van der Waals surface area contributed by atoms with Crippen LogP contribution in [0.15, 0.2) is 60.7 Å². The third-order valence-electron chi connectivity index (χ3n) is 8.28. The van der Waals surface area contributed by atoms with Crippen LogP contribution in [0, 0.1) is 12.8 Å². The summed E-state index contributed by atoms with van der Waals surface area (Å²) in [6.45, 7) is 3.28. The van der Waals surface area contributed by atoms with Gasteiger partial charge in [0.15, 0.2) is 15.5 Å². The van der Waals surface area contributed by atoms with E-state index in [0.29, 0.717) is 53.4 Å². The predicted molar refractivity (Wildman–Crippen MR) is 155 cm³/mol. The van der Waals surface area contributed by atoms with Crippen molar-refractivity contribution in [3.63, 3.8) is 0 Å². The SMILES string of the molecule is COc1ccc(-c2cc(C(=O)N3CCC(Cc4ccccc4)CC3)c3c(C)nn(C4CCS(=O)(=O)C4)c3n2)cc1. The van der Waals surface area contributed by atoms with Gasteiger partial charge in [-0.25, -0.2) is 18.1 Å². The second-order valence-corrected chi connectivity index (χ2v) is 13.2. The van der Waals surface area contributed by atoms with Crippen molar-refractivity contribution in [3.8, 4) is 17.0 Å². The van der Waals surface area contributed by atoms with Crippen LogP contribution in [0.25, 0.3) is 22.3 Å². The number of ether oxygens (including phenoxy) is 1. The molecule has 2 saturated heterocycles. The van der Waals surface area contributed by atoms with Crippen LogP contribution in [0.2, 0.25) is 0 Å². The fraction of sp³-hybridized carbons (Fsp3) is 0.387. The van der Waals surface area contributed by atoms with Gasteiger partial charge >= 0.3 is 0 Å². The van der Waals surface area contributed by atoms with Gasteiger partial charge in [0.2, 0.25) is 0 Å². The Kier molecular flexibility index (Phi) is 7.08. The summed E-state index contributed by atoms with van der Waals surface area (Å²) >= 11 is 0. The molecule has 0 radical (unpaired) electrons. The van der Waals surface area contributed by atoms with E-state index in [1.807, 2.05) is 48.2 Å². The van der Waals surface area contributed by atoms with Crippen molar-refractivity contribution in [1.29, 1.82) is 0 Å². The van der Waals surface area contributed by atoms with Crippen molar-refractivity contribution >= 4 is 26.8 Å². The Hall–Kier alpha value is -3.72. The molecule has 1 amide bonds. The molecule has 1 unspecified atom stereocenters. The number of fused-ring (bicyclic) bond motifs is 1. The molecule has 0 N–H and O–H groups in total. The molecule has 8 nitrogen and oxygen atoms in total. The maximum atomic E-state index is 14.1. The number of nitrogens with zero attached hydrogens (tertiary/aromatic N) is 4. The van der Waals surface area contributed by atoms with Crippen molar-refractivity contribution in [2.75, 3.05) is 31.7 Å². The lowest BCUT2D eigenvalue weighted by molar-refractivity contribution is 0.0692. The lowest BCUT2D eigenvalue weighted by atomic mass is 9.90. The molecular formula is C31H34N4O4S. The monoisotopic (exact) mass is 558 g/mol. The van der Waals surface area contributed by atoms with Gasteiger partial charge in [-0.15, -0.1) is 0 Å². The number of pyridine rings is 1. The third-order valence-corrected chi connectivity index (χ3v) is 10.0. The molecule has 4 heterocycles. The van der Waals surface area contributed by atoms with Crippen LogP contribution in [0.1, 0.15) is 46.9 Å². The first-order valence-corrected chi connectivity index (χ1v) is 15.7. The van der Waals surface area contributed by atoms with Crippen LogP contribution >= 0.6 is 0 Å². The predicted octanol–water partition coefficient (Wildman–Crippen LogP) is 4.87. The van der Waals surface area contributed by atoms with E-state index in [4.69, 9.17) is 14.8 Å². The Labute approximate surface area is 234 Å². The van der Waals surface area contributed by atoms with Gasteiger partial charge in [0.05, 0.1) is 47.0 Å². The van der Waals surface area contributed by atoms with Crippen LogP contribution in [0.4, 0.5) is 0 Å². The third kappa shape index (κ3) is 5.22. The summed E-state index contributed by atoms with van der Waals surface area (Å²) in [4.78, 5) is 21.0. The number of methoxy groups -OCH3 is 1. The topological polar surface area (TPSA) is 94.4 Å². The van der Waals surface area contributed by atoms with E-state index in [-0.39, 0.29) is 23.5 Å². The minimum absolute atomic E-state index is 0.0259. The Morgan fingerprint density at radius 2 is 1.75 bits per heavy atom. The van der Waals surface area contributed by atoms with Gasteiger partial charge in [0.25, 0.3) is 5.91 Å². The zero-order chi connectivity index (χ0) is 27.9. The molecule has 208 valence electrons. The smallest absolute Gasteiger partial charge is 0.254 e. The number of sulfone groups is 1. The number of piperidine rings is 1. The van der Waals surface area contributed by atoms with E-state index in [1.54, 1.807) is 11.8 Å². The summed E-state index contributed by atoms with van der Waals surface area (Å²) in [6, 6.07) is 19.7. The number of hydrogen-bond acceptors (Lipinski definition) is 6. The number of amides is 1. The van der Waals surface area contributed by atoms with Crippen molar-refractivity contribution in [2.45, 2.75) is 38.6 Å². The number of rotatable bonds is 6. The van der Waals surface area contributed by atoms with Crippen molar-refractivity contribution < 1.29 is 17.9 Å². The molecule has 0 spiro atoms. The van der Waals surface area contributed by atoms with Gasteiger partial charge in [-0.1, -0.05) is 30.3 Å². The fourth-order valence-corrected chi connectivity index (χ4v) is 7.76. The number of benzene rings is 2. The molecule has 4 aromatic rings. The highest BCUT2D eigenvalue weighted by molar-refractivity contribution is 7.91. The molecule has 2 aromatic carbocycles. The quantitative estimate of drug-likeness (QED) is 0.335. The first-order valence-electron chi connectivity index (χ1n) is 13.9. The van der Waals surface area contributed by atoms with Gasteiger partial charge in [-0.3, -0.25) is 4.79 Å². The lowest BCUT2D eigenvalue weighted by Crippen LogP contribution is -2.39. The van der Waals surface area contributed by atoms with Gasteiger partial charge in [0, 0.05) is 18.7 Å². The lowest BCUT2D eigenvalue weighted by Gasteiger charge is -2.32. The zero-order valence-electron chi connectivity index (χ0n) is 22.9. The molecule has 0 aliphatic carbocycles. The molecule has 2 aromatic heterocycles. The van der Waals surface area contributed by atoms with Crippen LogP contribution in [-0.2, 0) is 16.3 Å². The highest BCUT2D eigenvalue weighted by Gasteiger charge is 2.33. The largest absolute Gasteiger partial charge is 0.497 e. The van der Waals surface area contributed by atoms with E-state index >= 15 is 0 Å². The number of likely N-dealkylation sites (tertiary alicyclic amines) is 1. The standard InChI is InChI=1S/C31H34N4O4S/c1-21-29-27(31(36)34-15-12-23(13-16-34)18-22-6-4-3-5-7-22)19-28(24-8-10-26(39-2)11-9-24)32-30(29)35(33-21)25-14-17-40(37,38)20-25/h3-11,19,23,25H,12-18,20H2,1-2H3. The van der Waals surface area contributed by atoms with Crippen molar-refractivity contribution in [3.05, 3.63) is 77.5 Å². The zero-order valence-corrected chi connectivity index (χ0v) is 23.7. The summed E-state index contributed by atoms with van der Waals surface area (Å²) in [6.07, 6.45) is 3.43. The van der Waals surface area contributed by atoms with Crippen LogP contribution in [0.5, 0.6) is 5.75 Å². The Morgan fingerprint density at radius 3 is 2.40 bits per heavy atom. The average Bonchev–Trinajstić information content (AvgIpc) is 3.51. The van der Waals surface area contributed by atoms with E-state index in [1.165, 1.54) is 5.56 Å². The average molecular weight is 559 g/mol. The summed E-state index contributed by atoms with van der Waals surface area (Å²) in [5.74, 6) is 1.43. The number of hydrogen-bond donors (Lipinski definition) is 0. The van der Waals surface area contributed by atoms with Crippen LogP contribution in [0.3, 0.4) is 0 Å². The maximum Gasteiger partial charge on any atom is 0.254 e. The summed E-state index contributed by atoms with van der Waals surface area (Å²) in [5, 5.41) is 5.45. The minimum atomic E-state index is -3.12. The van der Waals surface area contributed by atoms with E-state index in [9.17, 15) is 13.2 Å². The fourth-order valence-electron chi connectivity index (χ4n) is 6.07. The molecule has 40 heavy (non-hydrogen) atoms. The number of aryl methyl sites for hydroxylation is 1. The summed E-state index contributed by atoms with van der Waals surface area (Å²) in [7, 11) is -1.50. The minimum Gasteiger partial charge on any atom is -0.497 e. The Morgan fingerprint density at radius 1 is 1.02 bits per heavy atom.